The van der Waals surface area contributed by atoms with E-state index in [2.05, 4.69) is 5.32 Å². The molecule has 0 aromatic carbocycles. The third-order valence-electron chi connectivity index (χ3n) is 2.09. The molecule has 1 amide bonds. The van der Waals surface area contributed by atoms with Gasteiger partial charge in [0.05, 0.1) is 12.1 Å². The molecule has 3 heteroatoms. The smallest absolute Gasteiger partial charge is 0.222 e. The largest absolute Gasteiger partial charge is 0.391 e. The zero-order valence-corrected chi connectivity index (χ0v) is 7.00. The molecule has 3 nitrogen and oxygen atoms in total. The van der Waals surface area contributed by atoms with Gasteiger partial charge in [0.15, 0.2) is 0 Å². The molecule has 1 rings (SSSR count). The van der Waals surface area contributed by atoms with Crippen LogP contribution in [0.5, 0.6) is 0 Å². The predicted molar refractivity (Wildman–Crippen MR) is 42.0 cm³/mol. The molecule has 1 fully saturated rings. The first-order valence-electron chi connectivity index (χ1n) is 4.09. The summed E-state index contributed by atoms with van der Waals surface area (Å²) in [7, 11) is 0. The number of hydrogen-bond donors (Lipinski definition) is 2. The third kappa shape index (κ3) is 1.93. The quantitative estimate of drug-likeness (QED) is 0.605. The van der Waals surface area contributed by atoms with Crippen LogP contribution in [0.15, 0.2) is 0 Å². The van der Waals surface area contributed by atoms with Crippen molar-refractivity contribution in [1.82, 2.24) is 5.32 Å². The lowest BCUT2D eigenvalue weighted by Gasteiger charge is -2.33. The second-order valence-corrected chi connectivity index (χ2v) is 3.41. The Morgan fingerprint density at radius 3 is 2.45 bits per heavy atom. The highest BCUT2D eigenvalue weighted by molar-refractivity contribution is 5.78. The van der Waals surface area contributed by atoms with Crippen molar-refractivity contribution in [3.63, 3.8) is 0 Å². The van der Waals surface area contributed by atoms with Gasteiger partial charge in [-0.05, 0) is 12.8 Å². The molecule has 0 aromatic heterocycles. The van der Waals surface area contributed by atoms with Gasteiger partial charge in [0.1, 0.15) is 0 Å². The van der Waals surface area contributed by atoms with Crippen LogP contribution >= 0.6 is 0 Å². The molecule has 0 unspecified atom stereocenters. The number of hydrogen-bond acceptors (Lipinski definition) is 2. The highest BCUT2D eigenvalue weighted by Crippen LogP contribution is 2.19. The number of amides is 1. The first-order chi connectivity index (χ1) is 5.11. The molecule has 2 atom stereocenters. The van der Waals surface area contributed by atoms with E-state index >= 15 is 0 Å². The van der Waals surface area contributed by atoms with E-state index in [9.17, 15) is 4.79 Å². The molecule has 1 aliphatic rings. The Labute approximate surface area is 66.8 Å². The summed E-state index contributed by atoms with van der Waals surface area (Å²) in [6, 6.07) is 0.0184. The van der Waals surface area contributed by atoms with E-state index < -0.39 is 0 Å². The minimum atomic E-state index is -0.308. The molecule has 64 valence electrons. The minimum absolute atomic E-state index is 0.0165. The van der Waals surface area contributed by atoms with Crippen LogP contribution in [-0.2, 0) is 4.79 Å². The molecule has 0 aromatic rings. The van der Waals surface area contributed by atoms with Gasteiger partial charge in [0.25, 0.3) is 0 Å². The van der Waals surface area contributed by atoms with E-state index in [0.717, 1.165) is 12.8 Å². The first kappa shape index (κ1) is 8.53. The fourth-order valence-electron chi connectivity index (χ4n) is 1.00. The Balaban J connectivity index is 2.25. The van der Waals surface area contributed by atoms with Crippen LogP contribution in [0.25, 0.3) is 0 Å². The summed E-state index contributed by atoms with van der Waals surface area (Å²) in [5.74, 6) is 0.0524. The van der Waals surface area contributed by atoms with Gasteiger partial charge in [-0.1, -0.05) is 13.8 Å². The van der Waals surface area contributed by atoms with Gasteiger partial charge in [0, 0.05) is 5.92 Å². The number of aliphatic hydroxyl groups excluding tert-OH is 1. The fourth-order valence-corrected chi connectivity index (χ4v) is 1.00. The average molecular weight is 157 g/mol. The Kier molecular flexibility index (Phi) is 2.49. The minimum Gasteiger partial charge on any atom is -0.391 e. The van der Waals surface area contributed by atoms with Crippen molar-refractivity contribution in [3.05, 3.63) is 0 Å². The lowest BCUT2D eigenvalue weighted by molar-refractivity contribution is -0.126. The van der Waals surface area contributed by atoms with E-state index in [1.807, 2.05) is 13.8 Å². The molecule has 0 bridgehead atoms. The van der Waals surface area contributed by atoms with Crippen LogP contribution in [0.3, 0.4) is 0 Å². The molecular formula is C8H15NO2. The van der Waals surface area contributed by atoms with Gasteiger partial charge in [-0.3, -0.25) is 4.79 Å². The zero-order valence-electron chi connectivity index (χ0n) is 7.00. The van der Waals surface area contributed by atoms with Gasteiger partial charge in [0.2, 0.25) is 5.91 Å². The highest BCUT2D eigenvalue weighted by Gasteiger charge is 2.30. The van der Waals surface area contributed by atoms with Crippen LogP contribution in [-0.4, -0.2) is 23.2 Å². The molecule has 11 heavy (non-hydrogen) atoms. The molecule has 2 N–H and O–H groups in total. The van der Waals surface area contributed by atoms with Gasteiger partial charge >= 0.3 is 0 Å². The second kappa shape index (κ2) is 3.22. The van der Waals surface area contributed by atoms with E-state index in [-0.39, 0.29) is 24.0 Å². The molecule has 0 saturated heterocycles. The molecule has 0 heterocycles. The van der Waals surface area contributed by atoms with Crippen molar-refractivity contribution in [2.45, 2.75) is 38.8 Å². The number of rotatable bonds is 2. The van der Waals surface area contributed by atoms with Gasteiger partial charge in [-0.2, -0.15) is 0 Å². The van der Waals surface area contributed by atoms with E-state index in [4.69, 9.17) is 5.11 Å². The molecule has 0 aliphatic heterocycles. The Hall–Kier alpha value is -0.570. The van der Waals surface area contributed by atoms with Crippen LogP contribution in [0.4, 0.5) is 0 Å². The van der Waals surface area contributed by atoms with Crippen molar-refractivity contribution in [2.24, 2.45) is 5.92 Å². The number of nitrogens with one attached hydrogen (secondary N) is 1. The summed E-state index contributed by atoms with van der Waals surface area (Å²) in [6.45, 7) is 3.70. The summed E-state index contributed by atoms with van der Waals surface area (Å²) in [5.41, 5.74) is 0. The average Bonchev–Trinajstić information content (AvgIpc) is 1.96. The highest BCUT2D eigenvalue weighted by atomic mass is 16.3. The van der Waals surface area contributed by atoms with E-state index in [1.165, 1.54) is 0 Å². The van der Waals surface area contributed by atoms with E-state index in [0.29, 0.717) is 0 Å². The lowest BCUT2D eigenvalue weighted by Crippen LogP contribution is -2.51. The monoisotopic (exact) mass is 157 g/mol. The van der Waals surface area contributed by atoms with Gasteiger partial charge in [-0.15, -0.1) is 0 Å². The van der Waals surface area contributed by atoms with Crippen molar-refractivity contribution in [3.8, 4) is 0 Å². The summed E-state index contributed by atoms with van der Waals surface area (Å²) in [6.07, 6.45) is 1.43. The maximum atomic E-state index is 11.1. The van der Waals surface area contributed by atoms with Crippen LogP contribution in [0.1, 0.15) is 26.7 Å². The Morgan fingerprint density at radius 1 is 1.55 bits per heavy atom. The summed E-state index contributed by atoms with van der Waals surface area (Å²) in [5, 5.41) is 11.9. The topological polar surface area (TPSA) is 49.3 Å². The normalized spacial score (nSPS) is 29.8. The second-order valence-electron chi connectivity index (χ2n) is 3.41. The van der Waals surface area contributed by atoms with Crippen LogP contribution in [0.2, 0.25) is 0 Å². The van der Waals surface area contributed by atoms with Crippen molar-refractivity contribution in [2.75, 3.05) is 0 Å². The van der Waals surface area contributed by atoms with Crippen molar-refractivity contribution in [1.29, 1.82) is 0 Å². The van der Waals surface area contributed by atoms with Gasteiger partial charge < -0.3 is 10.4 Å². The van der Waals surface area contributed by atoms with E-state index in [1.54, 1.807) is 0 Å². The molecule has 1 aliphatic carbocycles. The van der Waals surface area contributed by atoms with Crippen molar-refractivity contribution < 1.29 is 9.90 Å². The number of carbonyl (C=O) groups excluding carboxylic acids is 1. The zero-order chi connectivity index (χ0) is 8.43. The SMILES string of the molecule is CC(C)C(=O)N[C@@H]1CC[C@@H]1O. The Morgan fingerprint density at radius 2 is 2.18 bits per heavy atom. The van der Waals surface area contributed by atoms with Crippen molar-refractivity contribution >= 4 is 5.91 Å². The maximum absolute atomic E-state index is 11.1. The van der Waals surface area contributed by atoms with Gasteiger partial charge in [-0.25, -0.2) is 0 Å². The molecule has 1 saturated carbocycles. The van der Waals surface area contributed by atoms with Crippen LogP contribution < -0.4 is 5.32 Å². The molecule has 0 radical (unpaired) electrons. The number of aliphatic hydroxyl groups is 1. The van der Waals surface area contributed by atoms with Crippen LogP contribution in [0, 0.1) is 5.92 Å². The summed E-state index contributed by atoms with van der Waals surface area (Å²) < 4.78 is 0. The Bertz CT molecular complexity index is 156. The molecule has 0 spiro atoms. The number of carbonyl (C=O) groups is 1. The molecular weight excluding hydrogens is 142 g/mol. The summed E-state index contributed by atoms with van der Waals surface area (Å²) >= 11 is 0. The standard InChI is InChI=1S/C8H15NO2/c1-5(2)8(11)9-6-3-4-7(6)10/h5-7,10H,3-4H2,1-2H3,(H,9,11)/t6-,7+/m1/s1. The maximum Gasteiger partial charge on any atom is 0.222 e. The third-order valence-corrected chi connectivity index (χ3v) is 2.09. The lowest BCUT2D eigenvalue weighted by atomic mass is 9.89. The summed E-state index contributed by atoms with van der Waals surface area (Å²) in [4.78, 5) is 11.1. The fraction of sp³-hybridized carbons (Fsp3) is 0.875. The first-order valence-corrected chi connectivity index (χ1v) is 4.09. The predicted octanol–water partition coefficient (Wildman–Crippen LogP) is 0.282.